The topological polar surface area (TPSA) is 191 Å². The molecule has 292 valence electrons. The molecule has 1 aromatic carbocycles. The van der Waals surface area contributed by atoms with Crippen molar-refractivity contribution >= 4 is 45.5 Å². The lowest BCUT2D eigenvalue weighted by molar-refractivity contribution is -0.145. The number of amides is 6. The number of alkyl halides is 2. The Bertz CT molecular complexity index is 1740. The number of sulfonamides is 1. The second-order valence-corrected chi connectivity index (χ2v) is 17.8. The maximum atomic E-state index is 14.4. The summed E-state index contributed by atoms with van der Waals surface area (Å²) < 4.78 is 54.4. The minimum atomic E-state index is -4.18. The third-order valence-electron chi connectivity index (χ3n) is 10.1. The molecule has 1 aliphatic carbocycles. The lowest BCUT2D eigenvalue weighted by Gasteiger charge is -2.38. The summed E-state index contributed by atoms with van der Waals surface area (Å²) in [5, 5.41) is 10.0. The molecule has 2 aliphatic heterocycles. The zero-order valence-corrected chi connectivity index (χ0v) is 31.7. The largest absolute Gasteiger partial charge is 0.346 e. The van der Waals surface area contributed by atoms with E-state index >= 15 is 0 Å². The molecule has 53 heavy (non-hydrogen) atoms. The second-order valence-electron chi connectivity index (χ2n) is 16.0. The van der Waals surface area contributed by atoms with Crippen LogP contribution in [0.15, 0.2) is 41.8 Å². The molecule has 4 rings (SSSR count). The number of hydrogen-bond donors (Lipinski definition) is 4. The molecule has 1 saturated heterocycles. The van der Waals surface area contributed by atoms with Crippen LogP contribution in [0.4, 0.5) is 13.6 Å². The standard InChI is InChI=1S/C36H50F2N6O8S/c1-8-16-39-31(47)28(45)23(17-26(37)38)40-30(46)27-21-14-11-12-20(21)18-43(27)33(49)29(36(5,6)7)42-34(50)41-25(35(2,3)4)19-44-32(48)22-13-9-10-15-24(22)53(44,51)52/h8-10,13,15,20-21,23,25-27,29H,1,11-12,14,16-19H2,2-7H3,(H,39,47)(H,40,46)(H2,41,42,50)/t20-,21-,23-,25+,27-,29+/m0/s1. The molecule has 1 aromatic rings. The van der Waals surface area contributed by atoms with Crippen molar-refractivity contribution in [3.63, 3.8) is 0 Å². The van der Waals surface area contributed by atoms with Crippen molar-refractivity contribution in [1.82, 2.24) is 30.5 Å². The van der Waals surface area contributed by atoms with Crippen molar-refractivity contribution in [3.05, 3.63) is 42.5 Å². The molecular formula is C36H50F2N6O8S. The van der Waals surface area contributed by atoms with Gasteiger partial charge in [-0.1, -0.05) is 66.2 Å². The number of hydrogen-bond acceptors (Lipinski definition) is 8. The van der Waals surface area contributed by atoms with Gasteiger partial charge >= 0.3 is 6.03 Å². The van der Waals surface area contributed by atoms with E-state index in [0.717, 1.165) is 10.7 Å². The fourth-order valence-corrected chi connectivity index (χ4v) is 8.79. The van der Waals surface area contributed by atoms with E-state index in [1.54, 1.807) is 47.6 Å². The van der Waals surface area contributed by atoms with E-state index in [-0.39, 0.29) is 41.9 Å². The summed E-state index contributed by atoms with van der Waals surface area (Å²) in [6.45, 7) is 13.5. The number of nitrogens with one attached hydrogen (secondary N) is 4. The van der Waals surface area contributed by atoms with Gasteiger partial charge < -0.3 is 26.2 Å². The zero-order chi connectivity index (χ0) is 39.6. The zero-order valence-electron chi connectivity index (χ0n) is 30.9. The van der Waals surface area contributed by atoms with Crippen LogP contribution < -0.4 is 21.3 Å². The number of ketones is 1. The summed E-state index contributed by atoms with van der Waals surface area (Å²) in [6, 6.07) is -0.162. The Hall–Kier alpha value is -4.41. The van der Waals surface area contributed by atoms with E-state index in [9.17, 15) is 46.0 Å². The summed E-state index contributed by atoms with van der Waals surface area (Å²) in [5.41, 5.74) is -1.68. The summed E-state index contributed by atoms with van der Waals surface area (Å²) in [5.74, 6) is -5.07. The molecule has 0 unspecified atom stereocenters. The average Bonchev–Trinajstić information content (AvgIpc) is 3.71. The van der Waals surface area contributed by atoms with Crippen molar-refractivity contribution in [2.45, 2.75) is 103 Å². The van der Waals surface area contributed by atoms with Crippen LogP contribution in [0.2, 0.25) is 0 Å². The van der Waals surface area contributed by atoms with Gasteiger partial charge in [-0.3, -0.25) is 24.0 Å². The number of benzene rings is 1. The first-order chi connectivity index (χ1) is 24.6. The van der Waals surface area contributed by atoms with E-state index in [1.165, 1.54) is 29.2 Å². The number of Topliss-reactive ketones (excluding diaryl/α,β-unsaturated/α-hetero) is 1. The number of fused-ring (bicyclic) bond motifs is 2. The van der Waals surface area contributed by atoms with Gasteiger partial charge in [0.1, 0.15) is 23.0 Å². The lowest BCUT2D eigenvalue weighted by Crippen LogP contribution is -2.62. The third kappa shape index (κ3) is 9.04. The lowest BCUT2D eigenvalue weighted by atomic mass is 9.85. The molecule has 0 aromatic heterocycles. The third-order valence-corrected chi connectivity index (χ3v) is 11.9. The first-order valence-corrected chi connectivity index (χ1v) is 19.1. The Morgan fingerprint density at radius 1 is 0.981 bits per heavy atom. The summed E-state index contributed by atoms with van der Waals surface area (Å²) >= 11 is 0. The van der Waals surface area contributed by atoms with Gasteiger partial charge in [-0.05, 0) is 47.6 Å². The molecule has 17 heteroatoms. The first-order valence-electron chi connectivity index (χ1n) is 17.6. The van der Waals surface area contributed by atoms with Crippen LogP contribution in [-0.4, -0.2) is 103 Å². The molecule has 2 fully saturated rings. The van der Waals surface area contributed by atoms with Gasteiger partial charge in [-0.2, -0.15) is 0 Å². The molecule has 6 atom stereocenters. The highest BCUT2D eigenvalue weighted by atomic mass is 32.2. The van der Waals surface area contributed by atoms with Gasteiger partial charge in [0.25, 0.3) is 21.8 Å². The fraction of sp³-hybridized carbons (Fsp3) is 0.611. The van der Waals surface area contributed by atoms with Gasteiger partial charge in [0, 0.05) is 19.5 Å². The molecule has 6 amide bonds. The van der Waals surface area contributed by atoms with Crippen molar-refractivity contribution in [2.75, 3.05) is 19.6 Å². The van der Waals surface area contributed by atoms with Crippen molar-refractivity contribution < 1.29 is 46.0 Å². The number of rotatable bonds is 13. The van der Waals surface area contributed by atoms with E-state index in [4.69, 9.17) is 0 Å². The highest BCUT2D eigenvalue weighted by Gasteiger charge is 2.52. The monoisotopic (exact) mass is 764 g/mol. The first kappa shape index (κ1) is 41.3. The number of urea groups is 1. The fourth-order valence-electron chi connectivity index (χ4n) is 7.20. The number of halogens is 2. The highest BCUT2D eigenvalue weighted by Crippen LogP contribution is 2.43. The van der Waals surface area contributed by atoms with E-state index < -0.39 is 93.3 Å². The van der Waals surface area contributed by atoms with Gasteiger partial charge in [0.2, 0.25) is 24.0 Å². The molecule has 0 bridgehead atoms. The molecular weight excluding hydrogens is 714 g/mol. The molecule has 1 saturated carbocycles. The number of carbonyl (C=O) groups is 6. The summed E-state index contributed by atoms with van der Waals surface area (Å²) in [7, 11) is -4.18. The minimum Gasteiger partial charge on any atom is -0.346 e. The predicted octanol–water partition coefficient (Wildman–Crippen LogP) is 2.60. The maximum absolute atomic E-state index is 14.4. The SMILES string of the molecule is C=CCNC(=O)C(=O)[C@H](CC(F)F)NC(=O)[C@@H]1[C@H]2CCC[C@H]2CN1C(=O)[C@@H](NC(=O)N[C@H](CN1C(=O)c2ccccc2S1(=O)=O)C(C)(C)C)C(C)(C)C. The Labute approximate surface area is 308 Å². The minimum absolute atomic E-state index is 0.0258. The molecule has 14 nitrogen and oxygen atoms in total. The van der Waals surface area contributed by atoms with Crippen LogP contribution >= 0.6 is 0 Å². The van der Waals surface area contributed by atoms with Gasteiger partial charge in [-0.25, -0.2) is 26.3 Å². The van der Waals surface area contributed by atoms with E-state index in [2.05, 4.69) is 27.8 Å². The molecule has 0 radical (unpaired) electrons. The Morgan fingerprint density at radius 3 is 2.23 bits per heavy atom. The van der Waals surface area contributed by atoms with Crippen molar-refractivity contribution in [1.29, 1.82) is 0 Å². The van der Waals surface area contributed by atoms with Gasteiger partial charge in [0.15, 0.2) is 0 Å². The Morgan fingerprint density at radius 2 is 1.64 bits per heavy atom. The smallest absolute Gasteiger partial charge is 0.315 e. The summed E-state index contributed by atoms with van der Waals surface area (Å²) in [4.78, 5) is 81.5. The van der Waals surface area contributed by atoms with Crippen LogP contribution in [0, 0.1) is 22.7 Å². The Kier molecular flexibility index (Phi) is 12.4. The average molecular weight is 765 g/mol. The number of nitrogens with zero attached hydrogens (tertiary/aromatic N) is 2. The van der Waals surface area contributed by atoms with Gasteiger partial charge in [-0.15, -0.1) is 6.58 Å². The van der Waals surface area contributed by atoms with Crippen LogP contribution in [0.3, 0.4) is 0 Å². The van der Waals surface area contributed by atoms with Crippen LogP contribution in [0.5, 0.6) is 0 Å². The molecule has 3 aliphatic rings. The normalized spacial score (nSPS) is 22.4. The van der Waals surface area contributed by atoms with Crippen LogP contribution in [0.1, 0.15) is 77.6 Å². The number of likely N-dealkylation sites (tertiary alicyclic amines) is 1. The van der Waals surface area contributed by atoms with Crippen molar-refractivity contribution in [3.8, 4) is 0 Å². The van der Waals surface area contributed by atoms with Gasteiger partial charge in [0.05, 0.1) is 18.2 Å². The summed E-state index contributed by atoms with van der Waals surface area (Å²) in [6.07, 6.45) is -0.814. The molecule has 0 spiro atoms. The second kappa shape index (κ2) is 15.9. The molecule has 2 heterocycles. The van der Waals surface area contributed by atoms with Crippen molar-refractivity contribution in [2.24, 2.45) is 22.7 Å². The molecule has 4 N–H and O–H groups in total. The predicted molar refractivity (Wildman–Crippen MR) is 190 cm³/mol. The maximum Gasteiger partial charge on any atom is 0.315 e. The van der Waals surface area contributed by atoms with E-state index in [1.807, 2.05) is 0 Å². The van der Waals surface area contributed by atoms with E-state index in [0.29, 0.717) is 12.8 Å². The quantitative estimate of drug-likeness (QED) is 0.174. The number of carbonyl (C=O) groups excluding carboxylic acids is 6. The highest BCUT2D eigenvalue weighted by molar-refractivity contribution is 7.90. The van der Waals surface area contributed by atoms with Crippen LogP contribution in [0.25, 0.3) is 0 Å². The Balaban J connectivity index is 1.56. The van der Waals surface area contributed by atoms with Crippen LogP contribution in [-0.2, 0) is 29.2 Å².